The molecule has 3 heteroatoms. The van der Waals surface area contributed by atoms with Crippen molar-refractivity contribution in [1.82, 2.24) is 5.32 Å². The second-order valence-electron chi connectivity index (χ2n) is 7.50. The van der Waals surface area contributed by atoms with Crippen molar-refractivity contribution >= 4 is 0 Å². The molecule has 1 spiro atoms. The van der Waals surface area contributed by atoms with E-state index < -0.39 is 0 Å². The molecule has 0 aromatic heterocycles. The van der Waals surface area contributed by atoms with Crippen LogP contribution in [0.15, 0.2) is 0 Å². The summed E-state index contributed by atoms with van der Waals surface area (Å²) < 4.78 is 12.2. The van der Waals surface area contributed by atoms with Crippen LogP contribution >= 0.6 is 0 Å². The summed E-state index contributed by atoms with van der Waals surface area (Å²) in [6, 6.07) is 0.683. The Labute approximate surface area is 130 Å². The first-order valence-electron chi connectivity index (χ1n) is 9.14. The molecular weight excluding hydrogens is 262 g/mol. The number of rotatable bonds is 4. The molecule has 0 aromatic carbocycles. The number of ether oxygens (including phenoxy) is 2. The van der Waals surface area contributed by atoms with Gasteiger partial charge in [-0.15, -0.1) is 0 Å². The molecule has 3 aliphatic carbocycles. The molecule has 3 saturated carbocycles. The van der Waals surface area contributed by atoms with E-state index in [9.17, 15) is 0 Å². The van der Waals surface area contributed by atoms with Gasteiger partial charge in [-0.25, -0.2) is 0 Å². The van der Waals surface area contributed by atoms with Gasteiger partial charge < -0.3 is 14.8 Å². The smallest absolute Gasteiger partial charge is 0.0665 e. The second-order valence-corrected chi connectivity index (χ2v) is 7.50. The zero-order valence-corrected chi connectivity index (χ0v) is 13.9. The molecular formula is C18H33NO2. The van der Waals surface area contributed by atoms with Crippen molar-refractivity contribution in [2.75, 3.05) is 14.2 Å². The Bertz CT molecular complexity index is 325. The topological polar surface area (TPSA) is 30.5 Å². The van der Waals surface area contributed by atoms with Crippen LogP contribution in [0.5, 0.6) is 0 Å². The molecule has 0 amide bonds. The fourth-order valence-corrected chi connectivity index (χ4v) is 5.07. The lowest BCUT2D eigenvalue weighted by Crippen LogP contribution is -2.63. The Kier molecular flexibility index (Phi) is 5.23. The van der Waals surface area contributed by atoms with Crippen molar-refractivity contribution in [3.63, 3.8) is 0 Å². The van der Waals surface area contributed by atoms with Crippen molar-refractivity contribution in [3.05, 3.63) is 0 Å². The molecule has 0 saturated heterocycles. The molecule has 3 aliphatic rings. The van der Waals surface area contributed by atoms with Gasteiger partial charge >= 0.3 is 0 Å². The Balaban J connectivity index is 1.61. The number of hydrogen-bond acceptors (Lipinski definition) is 3. The van der Waals surface area contributed by atoms with E-state index >= 15 is 0 Å². The summed E-state index contributed by atoms with van der Waals surface area (Å²) in [6.07, 6.45) is 15.7. The van der Waals surface area contributed by atoms with E-state index in [1.807, 2.05) is 7.11 Å². The summed E-state index contributed by atoms with van der Waals surface area (Å²) in [5.41, 5.74) is 0.436. The fourth-order valence-electron chi connectivity index (χ4n) is 5.07. The van der Waals surface area contributed by atoms with Crippen LogP contribution in [-0.2, 0) is 9.47 Å². The summed E-state index contributed by atoms with van der Waals surface area (Å²) in [6.45, 7) is 0. The van der Waals surface area contributed by atoms with E-state index in [0.717, 1.165) is 6.42 Å². The van der Waals surface area contributed by atoms with Gasteiger partial charge in [0.05, 0.1) is 18.3 Å². The largest absolute Gasteiger partial charge is 0.381 e. The number of hydrogen-bond donors (Lipinski definition) is 1. The maximum atomic E-state index is 6.62. The molecule has 4 atom stereocenters. The Morgan fingerprint density at radius 1 is 0.905 bits per heavy atom. The van der Waals surface area contributed by atoms with Crippen molar-refractivity contribution in [3.8, 4) is 0 Å². The van der Waals surface area contributed by atoms with Crippen molar-refractivity contribution in [2.24, 2.45) is 5.41 Å². The Morgan fingerprint density at radius 3 is 2.29 bits per heavy atom. The van der Waals surface area contributed by atoms with Gasteiger partial charge in [-0.2, -0.15) is 0 Å². The summed E-state index contributed by atoms with van der Waals surface area (Å²) in [7, 11) is 3.98. The van der Waals surface area contributed by atoms with Gasteiger partial charge in [-0.05, 0) is 52.0 Å². The molecule has 0 aromatic rings. The predicted molar refractivity (Wildman–Crippen MR) is 85.5 cm³/mol. The second kappa shape index (κ2) is 6.97. The molecule has 0 radical (unpaired) electrons. The van der Waals surface area contributed by atoms with E-state index in [1.165, 1.54) is 64.2 Å². The molecule has 3 rings (SSSR count). The highest BCUT2D eigenvalue weighted by Gasteiger charge is 2.55. The highest BCUT2D eigenvalue weighted by atomic mass is 16.5. The normalized spacial score (nSPS) is 39.7. The molecule has 0 heterocycles. The summed E-state index contributed by atoms with van der Waals surface area (Å²) in [5.74, 6) is 0. The minimum atomic E-state index is 0.425. The number of methoxy groups -OCH3 is 1. The van der Waals surface area contributed by atoms with Crippen molar-refractivity contribution < 1.29 is 9.47 Å². The van der Waals surface area contributed by atoms with Gasteiger partial charge in [0.25, 0.3) is 0 Å². The van der Waals surface area contributed by atoms with Crippen molar-refractivity contribution in [1.29, 1.82) is 0 Å². The molecule has 21 heavy (non-hydrogen) atoms. The summed E-state index contributed by atoms with van der Waals surface area (Å²) in [4.78, 5) is 0. The molecule has 3 nitrogen and oxygen atoms in total. The Hall–Kier alpha value is -0.120. The lowest BCUT2D eigenvalue weighted by molar-refractivity contribution is -0.180. The van der Waals surface area contributed by atoms with E-state index in [1.54, 1.807) is 0 Å². The van der Waals surface area contributed by atoms with E-state index in [-0.39, 0.29) is 0 Å². The summed E-state index contributed by atoms with van der Waals surface area (Å²) >= 11 is 0. The highest BCUT2D eigenvalue weighted by Crippen LogP contribution is 2.53. The zero-order valence-electron chi connectivity index (χ0n) is 13.9. The molecule has 0 bridgehead atoms. The minimum Gasteiger partial charge on any atom is -0.381 e. The van der Waals surface area contributed by atoms with Crippen molar-refractivity contribution in [2.45, 2.75) is 95.0 Å². The maximum absolute atomic E-state index is 6.62. The predicted octanol–water partition coefficient (Wildman–Crippen LogP) is 3.66. The van der Waals surface area contributed by atoms with Crippen LogP contribution in [0.25, 0.3) is 0 Å². The number of nitrogens with one attached hydrogen (secondary N) is 1. The third kappa shape index (κ3) is 3.16. The van der Waals surface area contributed by atoms with Gasteiger partial charge in [0.2, 0.25) is 0 Å². The van der Waals surface area contributed by atoms with Gasteiger partial charge in [0.15, 0.2) is 0 Å². The lowest BCUT2D eigenvalue weighted by Gasteiger charge is -2.57. The van der Waals surface area contributed by atoms with Crippen LogP contribution in [-0.4, -0.2) is 38.5 Å². The van der Waals surface area contributed by atoms with Gasteiger partial charge in [0.1, 0.15) is 0 Å². The maximum Gasteiger partial charge on any atom is 0.0665 e. The first kappa shape index (κ1) is 15.8. The average Bonchev–Trinajstić information content (AvgIpc) is 2.79. The van der Waals surface area contributed by atoms with Crippen LogP contribution < -0.4 is 5.32 Å². The third-order valence-electron chi connectivity index (χ3n) is 6.44. The molecule has 0 aliphatic heterocycles. The average molecular weight is 295 g/mol. The summed E-state index contributed by atoms with van der Waals surface area (Å²) in [5, 5.41) is 3.57. The third-order valence-corrected chi connectivity index (χ3v) is 6.44. The van der Waals surface area contributed by atoms with E-state index in [2.05, 4.69) is 12.4 Å². The molecule has 3 fully saturated rings. The van der Waals surface area contributed by atoms with Crippen LogP contribution in [0.2, 0.25) is 0 Å². The zero-order chi connectivity index (χ0) is 14.7. The van der Waals surface area contributed by atoms with Crippen LogP contribution in [0.4, 0.5) is 0 Å². The SMILES string of the molecule is CNC1CC(OC2CCCC(OC)C2)C12CCCCCC2. The van der Waals surface area contributed by atoms with Crippen LogP contribution in [0.1, 0.15) is 70.6 Å². The quantitative estimate of drug-likeness (QED) is 0.858. The molecule has 1 N–H and O–H groups in total. The first-order chi connectivity index (χ1) is 10.3. The van der Waals surface area contributed by atoms with Gasteiger partial charge in [-0.1, -0.05) is 25.7 Å². The van der Waals surface area contributed by atoms with E-state index in [4.69, 9.17) is 9.47 Å². The molecule has 4 unspecified atom stereocenters. The Morgan fingerprint density at radius 2 is 1.62 bits per heavy atom. The lowest BCUT2D eigenvalue weighted by atomic mass is 9.57. The first-order valence-corrected chi connectivity index (χ1v) is 9.14. The van der Waals surface area contributed by atoms with Gasteiger partial charge in [-0.3, -0.25) is 0 Å². The van der Waals surface area contributed by atoms with Gasteiger partial charge in [0, 0.05) is 18.6 Å². The fraction of sp³-hybridized carbons (Fsp3) is 1.00. The molecule has 122 valence electrons. The van der Waals surface area contributed by atoms with E-state index in [0.29, 0.717) is 29.8 Å². The van der Waals surface area contributed by atoms with Crippen LogP contribution in [0, 0.1) is 5.41 Å². The highest BCUT2D eigenvalue weighted by molar-refractivity contribution is 5.08. The monoisotopic (exact) mass is 295 g/mol. The minimum absolute atomic E-state index is 0.425. The van der Waals surface area contributed by atoms with Crippen LogP contribution in [0.3, 0.4) is 0 Å². The standard InChI is InChI=1S/C18H33NO2/c1-19-16-13-17(18(16)10-5-3-4-6-11-18)21-15-9-7-8-14(12-15)20-2/h14-17,19H,3-13H2,1-2H3.